The maximum Gasteiger partial charge on any atom is 0.152 e. The van der Waals surface area contributed by atoms with Crippen LogP contribution in [-0.2, 0) is 11.1 Å². The summed E-state index contributed by atoms with van der Waals surface area (Å²) in [6.45, 7) is 25.0. The molecular formula is C34H68N10. The molecule has 0 radical (unpaired) electrons. The number of nitrogens with one attached hydrogen (secondary N) is 4. The minimum absolute atomic E-state index is 0.0945. The van der Waals surface area contributed by atoms with Crippen LogP contribution >= 0.6 is 0 Å². The van der Waals surface area contributed by atoms with E-state index in [4.69, 9.17) is 32.2 Å². The molecule has 2 saturated heterocycles. The summed E-state index contributed by atoms with van der Waals surface area (Å²) in [4.78, 5) is 16.1. The van der Waals surface area contributed by atoms with Gasteiger partial charge in [-0.2, -0.15) is 0 Å². The van der Waals surface area contributed by atoms with Crippen LogP contribution in [0.4, 0.5) is 0 Å². The molecule has 0 bridgehead atoms. The van der Waals surface area contributed by atoms with Crippen LogP contribution < -0.4 is 38.5 Å². The van der Waals surface area contributed by atoms with Crippen LogP contribution in [0.15, 0.2) is 0 Å². The number of hydrogen-bond donors (Lipinski definition) is 7. The lowest BCUT2D eigenvalue weighted by molar-refractivity contribution is 0.0634. The Balaban J connectivity index is 2.28. The number of aromatic nitrogens is 3. The van der Waals surface area contributed by atoms with Crippen molar-refractivity contribution in [2.75, 3.05) is 19.6 Å². The molecule has 3 rings (SSSR count). The van der Waals surface area contributed by atoms with Gasteiger partial charge in [0.25, 0.3) is 0 Å². The number of rotatable bonds is 15. The molecule has 0 aromatic carbocycles. The fourth-order valence-electron chi connectivity index (χ4n) is 8.51. The van der Waals surface area contributed by atoms with Crippen molar-refractivity contribution in [3.05, 3.63) is 17.5 Å². The predicted octanol–water partition coefficient (Wildman–Crippen LogP) is 3.99. The average Bonchev–Trinajstić information content (AvgIpc) is 2.88. The van der Waals surface area contributed by atoms with Gasteiger partial charge in [-0.3, -0.25) is 0 Å². The first-order valence-electron chi connectivity index (χ1n) is 17.4. The van der Waals surface area contributed by atoms with Crippen molar-refractivity contribution in [1.29, 1.82) is 0 Å². The number of hydrogen-bond acceptors (Lipinski definition) is 10. The maximum atomic E-state index is 6.92. The molecule has 254 valence electrons. The van der Waals surface area contributed by atoms with Gasteiger partial charge in [0, 0.05) is 34.7 Å². The minimum Gasteiger partial charge on any atom is -0.329 e. The zero-order valence-electron chi connectivity index (χ0n) is 29.9. The monoisotopic (exact) mass is 617 g/mol. The van der Waals surface area contributed by atoms with E-state index in [9.17, 15) is 0 Å². The highest BCUT2D eigenvalue weighted by molar-refractivity contribution is 5.23. The molecule has 3 heterocycles. The van der Waals surface area contributed by atoms with Crippen LogP contribution in [0, 0.1) is 0 Å². The number of nitrogens with zero attached hydrogens (tertiary/aromatic N) is 3. The van der Waals surface area contributed by atoms with Gasteiger partial charge >= 0.3 is 0 Å². The topological polar surface area (TPSA) is 165 Å². The lowest BCUT2D eigenvalue weighted by atomic mass is 9.69. The fraction of sp³-hybridized carbons (Fsp3) is 0.912. The summed E-state index contributed by atoms with van der Waals surface area (Å²) in [6.07, 6.45) is 9.26. The van der Waals surface area contributed by atoms with Crippen LogP contribution in [0.2, 0.25) is 0 Å². The molecule has 0 spiro atoms. The Bertz CT molecular complexity index is 964. The van der Waals surface area contributed by atoms with E-state index in [1.165, 1.54) is 0 Å². The zero-order valence-corrected chi connectivity index (χ0v) is 29.9. The molecule has 0 aliphatic carbocycles. The molecule has 2 unspecified atom stereocenters. The van der Waals surface area contributed by atoms with Crippen molar-refractivity contribution in [3.8, 4) is 0 Å². The predicted molar refractivity (Wildman–Crippen MR) is 183 cm³/mol. The van der Waals surface area contributed by atoms with Crippen molar-refractivity contribution in [2.45, 2.75) is 179 Å². The summed E-state index contributed by atoms with van der Waals surface area (Å²) < 4.78 is 0. The molecule has 1 aromatic rings. The molecule has 2 aliphatic heterocycles. The van der Waals surface area contributed by atoms with E-state index in [2.05, 4.69) is 90.5 Å². The first kappa shape index (κ1) is 37.2. The normalized spacial score (nSPS) is 24.5. The second kappa shape index (κ2) is 14.2. The first-order chi connectivity index (χ1) is 20.3. The molecule has 10 N–H and O–H groups in total. The van der Waals surface area contributed by atoms with E-state index >= 15 is 0 Å². The van der Waals surface area contributed by atoms with E-state index in [1.54, 1.807) is 0 Å². The second-order valence-corrected chi connectivity index (χ2v) is 16.7. The van der Waals surface area contributed by atoms with Crippen molar-refractivity contribution in [2.24, 2.45) is 17.2 Å². The van der Waals surface area contributed by atoms with Gasteiger partial charge in [0.1, 0.15) is 5.82 Å². The number of piperidine rings is 2. The third kappa shape index (κ3) is 9.62. The molecule has 2 fully saturated rings. The minimum atomic E-state index is -0.435. The highest BCUT2D eigenvalue weighted by Gasteiger charge is 2.53. The second-order valence-electron chi connectivity index (χ2n) is 16.7. The molecule has 0 amide bonds. The lowest BCUT2D eigenvalue weighted by Gasteiger charge is -2.54. The third-order valence-corrected chi connectivity index (χ3v) is 9.31. The maximum absolute atomic E-state index is 6.92. The molecular weight excluding hydrogens is 548 g/mol. The smallest absolute Gasteiger partial charge is 0.152 e. The molecule has 10 heteroatoms. The summed E-state index contributed by atoms with van der Waals surface area (Å²) in [5.74, 6) is 2.30. The van der Waals surface area contributed by atoms with Crippen LogP contribution in [0.25, 0.3) is 0 Å². The van der Waals surface area contributed by atoms with Gasteiger partial charge in [-0.05, 0) is 120 Å². The van der Waals surface area contributed by atoms with Crippen molar-refractivity contribution < 1.29 is 0 Å². The molecule has 1 aromatic heterocycles. The molecule has 44 heavy (non-hydrogen) atoms. The highest BCUT2D eigenvalue weighted by Crippen LogP contribution is 2.45. The Kier molecular flexibility index (Phi) is 12.0. The Hall–Kier alpha value is -1.27. The molecule has 2 aliphatic rings. The summed E-state index contributed by atoms with van der Waals surface area (Å²) in [7, 11) is 0. The van der Waals surface area contributed by atoms with E-state index in [1.807, 2.05) is 0 Å². The average molecular weight is 617 g/mol. The van der Waals surface area contributed by atoms with Crippen LogP contribution in [0.1, 0.15) is 157 Å². The van der Waals surface area contributed by atoms with E-state index in [0.717, 1.165) is 82.5 Å². The van der Waals surface area contributed by atoms with Gasteiger partial charge in [0.15, 0.2) is 11.6 Å². The van der Waals surface area contributed by atoms with Gasteiger partial charge in [-0.15, -0.1) is 0 Å². The molecule has 0 saturated carbocycles. The Morgan fingerprint density at radius 2 is 1.05 bits per heavy atom. The molecule has 10 nitrogen and oxygen atoms in total. The van der Waals surface area contributed by atoms with Crippen LogP contribution in [-0.4, -0.2) is 62.8 Å². The quantitative estimate of drug-likeness (QED) is 0.143. The third-order valence-electron chi connectivity index (χ3n) is 9.31. The summed E-state index contributed by atoms with van der Waals surface area (Å²) in [5, 5.41) is 15.8. The van der Waals surface area contributed by atoms with Gasteiger partial charge in [-0.25, -0.2) is 15.0 Å². The van der Waals surface area contributed by atoms with E-state index in [0.29, 0.717) is 18.8 Å². The first-order valence-corrected chi connectivity index (χ1v) is 17.4. The summed E-state index contributed by atoms with van der Waals surface area (Å²) in [5.41, 5.74) is 17.6. The fourth-order valence-corrected chi connectivity index (χ4v) is 8.51. The van der Waals surface area contributed by atoms with Crippen molar-refractivity contribution >= 4 is 0 Å². The Morgan fingerprint density at radius 3 is 1.39 bits per heavy atom. The summed E-state index contributed by atoms with van der Waals surface area (Å²) in [6, 6.07) is -0.457. The molecule has 2 atom stereocenters. The number of nitrogens with two attached hydrogens (primary N) is 3. The van der Waals surface area contributed by atoms with Crippen molar-refractivity contribution in [3.63, 3.8) is 0 Å². The van der Waals surface area contributed by atoms with Gasteiger partial charge in [0.2, 0.25) is 0 Å². The van der Waals surface area contributed by atoms with Crippen LogP contribution in [0.5, 0.6) is 0 Å². The van der Waals surface area contributed by atoms with Gasteiger partial charge in [0.05, 0.1) is 17.1 Å². The highest BCUT2D eigenvalue weighted by atomic mass is 15.2. The zero-order chi connectivity index (χ0) is 33.0. The van der Waals surface area contributed by atoms with Gasteiger partial charge in [-0.1, -0.05) is 26.7 Å². The standard InChI is InChI=1S/C34H68N10/c1-11-13-17-38-33(20-29(3,4)43-30(5,6)21-33)27-40-26(25(37)16-15-24(36)19-35)41-28(42-27)34(39-18-14-12-2)22-31(7,8)44-32(9,10)23-34/h24-25,38-39,43-44H,11-23,35-37H2,1-10H3. The van der Waals surface area contributed by atoms with E-state index < -0.39 is 11.1 Å². The van der Waals surface area contributed by atoms with Crippen LogP contribution in [0.3, 0.4) is 0 Å². The van der Waals surface area contributed by atoms with Gasteiger partial charge < -0.3 is 38.5 Å². The lowest BCUT2D eigenvalue weighted by Crippen LogP contribution is -2.67. The van der Waals surface area contributed by atoms with Crippen molar-refractivity contribution in [1.82, 2.24) is 36.2 Å². The summed E-state index contributed by atoms with van der Waals surface area (Å²) >= 11 is 0. The SMILES string of the molecule is CCCCNC1(c2nc(C(N)CCC(N)CN)nc(C3(NCCCC)CC(C)(C)NC(C)(C)C3)n2)CC(C)(C)NC(C)(C)C1. The number of unbranched alkanes of at least 4 members (excludes halogenated alkanes) is 2. The Labute approximate surface area is 269 Å². The van der Waals surface area contributed by atoms with E-state index in [-0.39, 0.29) is 34.2 Å². The largest absolute Gasteiger partial charge is 0.329 e. The Morgan fingerprint density at radius 1 is 0.659 bits per heavy atom.